The first-order chi connectivity index (χ1) is 9.00. The minimum atomic E-state index is 0. The average molecular weight is 305 g/mol. The second-order valence-corrected chi connectivity index (χ2v) is 6.73. The van der Waals surface area contributed by atoms with E-state index in [0.29, 0.717) is 17.7 Å². The third-order valence-corrected chi connectivity index (χ3v) is 3.91. The molecule has 0 aromatic heterocycles. The number of amides is 1. The van der Waals surface area contributed by atoms with E-state index in [0.717, 1.165) is 51.9 Å². The Morgan fingerprint density at radius 2 is 1.70 bits per heavy atom. The van der Waals surface area contributed by atoms with Gasteiger partial charge in [-0.1, -0.05) is 27.7 Å². The minimum Gasteiger partial charge on any atom is -0.342 e. The Labute approximate surface area is 131 Å². The molecule has 1 fully saturated rings. The van der Waals surface area contributed by atoms with E-state index in [1.165, 1.54) is 0 Å². The second kappa shape index (κ2) is 10.4. The topological polar surface area (TPSA) is 32.3 Å². The molecule has 0 aromatic carbocycles. The van der Waals surface area contributed by atoms with Crippen LogP contribution in [0.25, 0.3) is 0 Å². The number of nitrogens with zero attached hydrogens (tertiary/aromatic N) is 1. The fourth-order valence-electron chi connectivity index (χ4n) is 2.48. The molecule has 0 saturated carbocycles. The molecule has 1 amide bonds. The molecular weight excluding hydrogens is 272 g/mol. The van der Waals surface area contributed by atoms with Crippen LogP contribution in [0.2, 0.25) is 0 Å². The molecule has 1 saturated heterocycles. The molecule has 1 aliphatic rings. The maximum absolute atomic E-state index is 12.6. The number of hydrogen-bond acceptors (Lipinski definition) is 2. The smallest absolute Gasteiger partial charge is 0.226 e. The van der Waals surface area contributed by atoms with Gasteiger partial charge in [0.1, 0.15) is 0 Å². The van der Waals surface area contributed by atoms with Crippen molar-refractivity contribution in [2.24, 2.45) is 17.8 Å². The Balaban J connectivity index is 0.00000361. The van der Waals surface area contributed by atoms with Gasteiger partial charge >= 0.3 is 0 Å². The lowest BCUT2D eigenvalue weighted by Crippen LogP contribution is -2.44. The molecule has 1 atom stereocenters. The number of nitrogens with one attached hydrogen (secondary N) is 1. The summed E-state index contributed by atoms with van der Waals surface area (Å²) in [7, 11) is 0. The van der Waals surface area contributed by atoms with Gasteiger partial charge in [-0.05, 0) is 44.1 Å². The molecule has 0 radical (unpaired) electrons. The Bertz CT molecular complexity index is 251. The van der Waals surface area contributed by atoms with Crippen LogP contribution in [-0.2, 0) is 4.79 Å². The molecule has 1 unspecified atom stereocenters. The normalized spacial score (nSPS) is 19.0. The van der Waals surface area contributed by atoms with Crippen LogP contribution in [0.1, 0.15) is 53.4 Å². The summed E-state index contributed by atoms with van der Waals surface area (Å²) < 4.78 is 0. The fourth-order valence-corrected chi connectivity index (χ4v) is 2.48. The Kier molecular flexibility index (Phi) is 10.3. The van der Waals surface area contributed by atoms with Crippen LogP contribution in [0, 0.1) is 17.8 Å². The highest BCUT2D eigenvalue weighted by Crippen LogP contribution is 2.16. The van der Waals surface area contributed by atoms with Crippen molar-refractivity contribution in [3.05, 3.63) is 0 Å². The zero-order chi connectivity index (χ0) is 14.3. The first-order valence-electron chi connectivity index (χ1n) is 8.00. The van der Waals surface area contributed by atoms with Crippen molar-refractivity contribution in [1.29, 1.82) is 0 Å². The van der Waals surface area contributed by atoms with Gasteiger partial charge in [0.05, 0.1) is 5.92 Å². The first kappa shape index (κ1) is 19.7. The zero-order valence-corrected chi connectivity index (χ0v) is 14.5. The number of halogens is 1. The highest BCUT2D eigenvalue weighted by Gasteiger charge is 2.25. The lowest BCUT2D eigenvalue weighted by molar-refractivity contribution is -0.136. The molecule has 3 nitrogen and oxygen atoms in total. The van der Waals surface area contributed by atoms with Gasteiger partial charge in [-0.2, -0.15) is 0 Å². The fraction of sp³-hybridized carbons (Fsp3) is 0.938. The molecule has 0 aliphatic carbocycles. The lowest BCUT2D eigenvalue weighted by atomic mass is 9.97. The van der Waals surface area contributed by atoms with Crippen molar-refractivity contribution < 1.29 is 4.79 Å². The summed E-state index contributed by atoms with van der Waals surface area (Å²) in [6.07, 6.45) is 4.43. The van der Waals surface area contributed by atoms with Crippen molar-refractivity contribution in [2.75, 3.05) is 26.2 Å². The Morgan fingerprint density at radius 1 is 1.15 bits per heavy atom. The standard InChI is InChI=1S/C16H32N2O.ClH/c1-13(2)7-10-18(11-8-14(3)4)16(19)15-6-5-9-17-12-15;/h13-15,17H,5-12H2,1-4H3;1H. The quantitative estimate of drug-likeness (QED) is 0.782. The van der Waals surface area contributed by atoms with Crippen molar-refractivity contribution in [3.63, 3.8) is 0 Å². The molecule has 120 valence electrons. The van der Waals surface area contributed by atoms with Gasteiger partial charge in [-0.3, -0.25) is 4.79 Å². The molecule has 1 aliphatic heterocycles. The summed E-state index contributed by atoms with van der Waals surface area (Å²) >= 11 is 0. The largest absolute Gasteiger partial charge is 0.342 e. The summed E-state index contributed by atoms with van der Waals surface area (Å²) in [4.78, 5) is 14.7. The van der Waals surface area contributed by atoms with E-state index < -0.39 is 0 Å². The van der Waals surface area contributed by atoms with Crippen LogP contribution in [0.3, 0.4) is 0 Å². The van der Waals surface area contributed by atoms with E-state index in [4.69, 9.17) is 0 Å². The Hall–Kier alpha value is -0.280. The molecule has 4 heteroatoms. The number of carbonyl (C=O) groups excluding carboxylic acids is 1. The molecule has 0 spiro atoms. The van der Waals surface area contributed by atoms with Gasteiger partial charge in [-0.25, -0.2) is 0 Å². The molecule has 20 heavy (non-hydrogen) atoms. The summed E-state index contributed by atoms with van der Waals surface area (Å²) in [6, 6.07) is 0. The molecular formula is C16H33ClN2O. The second-order valence-electron chi connectivity index (χ2n) is 6.73. The highest BCUT2D eigenvalue weighted by molar-refractivity contribution is 5.85. The van der Waals surface area contributed by atoms with E-state index in [1.54, 1.807) is 0 Å². The first-order valence-corrected chi connectivity index (χ1v) is 8.00. The van der Waals surface area contributed by atoms with Crippen molar-refractivity contribution in [2.45, 2.75) is 53.4 Å². The average Bonchev–Trinajstić information content (AvgIpc) is 2.38. The third-order valence-electron chi connectivity index (χ3n) is 3.91. The van der Waals surface area contributed by atoms with Crippen LogP contribution in [0.5, 0.6) is 0 Å². The predicted octanol–water partition coefficient (Wildman–Crippen LogP) is 3.33. The lowest BCUT2D eigenvalue weighted by Gasteiger charge is -2.30. The van der Waals surface area contributed by atoms with Gasteiger partial charge < -0.3 is 10.2 Å². The summed E-state index contributed by atoms with van der Waals surface area (Å²) in [6.45, 7) is 12.7. The maximum atomic E-state index is 12.6. The number of hydrogen-bond donors (Lipinski definition) is 1. The van der Waals surface area contributed by atoms with Crippen LogP contribution in [0.4, 0.5) is 0 Å². The molecule has 1 N–H and O–H groups in total. The van der Waals surface area contributed by atoms with Gasteiger partial charge in [0.25, 0.3) is 0 Å². The van der Waals surface area contributed by atoms with Crippen LogP contribution in [0.15, 0.2) is 0 Å². The number of rotatable bonds is 7. The van der Waals surface area contributed by atoms with Crippen LogP contribution in [-0.4, -0.2) is 37.0 Å². The van der Waals surface area contributed by atoms with E-state index in [1.807, 2.05) is 0 Å². The zero-order valence-electron chi connectivity index (χ0n) is 13.7. The van der Waals surface area contributed by atoms with E-state index in [2.05, 4.69) is 37.9 Å². The van der Waals surface area contributed by atoms with E-state index in [-0.39, 0.29) is 18.3 Å². The van der Waals surface area contributed by atoms with Crippen molar-refractivity contribution in [1.82, 2.24) is 10.2 Å². The SMILES string of the molecule is CC(C)CCN(CCC(C)C)C(=O)C1CCCNC1.Cl. The monoisotopic (exact) mass is 304 g/mol. The Morgan fingerprint density at radius 3 is 2.10 bits per heavy atom. The maximum Gasteiger partial charge on any atom is 0.226 e. The molecule has 0 bridgehead atoms. The highest BCUT2D eigenvalue weighted by atomic mass is 35.5. The van der Waals surface area contributed by atoms with Gasteiger partial charge in [0, 0.05) is 19.6 Å². The third kappa shape index (κ3) is 7.49. The minimum absolute atomic E-state index is 0. The van der Waals surface area contributed by atoms with Crippen molar-refractivity contribution in [3.8, 4) is 0 Å². The van der Waals surface area contributed by atoms with Crippen molar-refractivity contribution >= 4 is 18.3 Å². The summed E-state index contributed by atoms with van der Waals surface area (Å²) in [5.74, 6) is 1.93. The van der Waals surface area contributed by atoms with Gasteiger partial charge in [0.2, 0.25) is 5.91 Å². The predicted molar refractivity (Wildman–Crippen MR) is 88.3 cm³/mol. The van der Waals surface area contributed by atoms with Crippen LogP contribution >= 0.6 is 12.4 Å². The van der Waals surface area contributed by atoms with Gasteiger partial charge in [0.15, 0.2) is 0 Å². The van der Waals surface area contributed by atoms with E-state index in [9.17, 15) is 4.79 Å². The number of carbonyl (C=O) groups is 1. The summed E-state index contributed by atoms with van der Waals surface area (Å²) in [5, 5.41) is 3.35. The summed E-state index contributed by atoms with van der Waals surface area (Å²) in [5.41, 5.74) is 0. The van der Waals surface area contributed by atoms with Crippen LogP contribution < -0.4 is 5.32 Å². The molecule has 0 aromatic rings. The molecule has 1 rings (SSSR count). The number of piperidine rings is 1. The molecule has 1 heterocycles. The van der Waals surface area contributed by atoms with E-state index >= 15 is 0 Å². The van der Waals surface area contributed by atoms with Gasteiger partial charge in [-0.15, -0.1) is 12.4 Å².